The van der Waals surface area contributed by atoms with Crippen LogP contribution in [0.5, 0.6) is 0 Å². The van der Waals surface area contributed by atoms with Gasteiger partial charge < -0.3 is 14.4 Å². The lowest BCUT2D eigenvalue weighted by molar-refractivity contribution is -0.144. The number of likely N-dealkylation sites (tertiary alicyclic amines) is 1. The molecule has 1 aromatic rings. The Morgan fingerprint density at radius 2 is 2.18 bits per heavy atom. The zero-order chi connectivity index (χ0) is 15.5. The van der Waals surface area contributed by atoms with Gasteiger partial charge in [0, 0.05) is 13.0 Å². The Kier molecular flexibility index (Phi) is 4.13. The van der Waals surface area contributed by atoms with Crippen LogP contribution < -0.4 is 0 Å². The van der Waals surface area contributed by atoms with Crippen molar-refractivity contribution in [2.24, 2.45) is 5.92 Å². The molecule has 2 aliphatic rings. The zero-order valence-corrected chi connectivity index (χ0v) is 12.3. The summed E-state index contributed by atoms with van der Waals surface area (Å²) in [5, 5.41) is 0. The predicted octanol–water partition coefficient (Wildman–Crippen LogP) is 2.52. The minimum atomic E-state index is -0.385. The molecule has 0 aliphatic carbocycles. The topological polar surface area (TPSA) is 55.8 Å². The Labute approximate surface area is 129 Å². The molecule has 1 aromatic carbocycles. The van der Waals surface area contributed by atoms with Gasteiger partial charge in [-0.05, 0) is 12.0 Å². The summed E-state index contributed by atoms with van der Waals surface area (Å²) in [6.07, 6.45) is 2.29. The number of hydrogen-bond acceptors (Lipinski definition) is 4. The van der Waals surface area contributed by atoms with E-state index in [1.54, 1.807) is 11.0 Å². The molecular formula is C17H19NO4. The minimum Gasteiger partial charge on any atom is -0.460 e. The van der Waals surface area contributed by atoms with Crippen molar-refractivity contribution in [2.45, 2.75) is 31.6 Å². The fraction of sp³-hybridized carbons (Fsp3) is 0.412. The van der Waals surface area contributed by atoms with Crippen LogP contribution in [0.4, 0.5) is 4.79 Å². The van der Waals surface area contributed by atoms with E-state index in [4.69, 9.17) is 9.47 Å². The van der Waals surface area contributed by atoms with Gasteiger partial charge in [0.2, 0.25) is 0 Å². The Bertz CT molecular complexity index is 571. The molecule has 22 heavy (non-hydrogen) atoms. The highest BCUT2D eigenvalue weighted by atomic mass is 16.6. The second kappa shape index (κ2) is 6.22. The Hall–Kier alpha value is -2.30. The Morgan fingerprint density at radius 1 is 1.41 bits per heavy atom. The van der Waals surface area contributed by atoms with E-state index in [0.29, 0.717) is 19.4 Å². The quantitative estimate of drug-likeness (QED) is 0.633. The molecule has 0 bridgehead atoms. The first-order chi connectivity index (χ1) is 10.7. The summed E-state index contributed by atoms with van der Waals surface area (Å²) < 4.78 is 10.7. The maximum Gasteiger partial charge on any atom is 0.410 e. The van der Waals surface area contributed by atoms with Gasteiger partial charge >= 0.3 is 12.1 Å². The summed E-state index contributed by atoms with van der Waals surface area (Å²) in [5.74, 6) is -0.565. The number of hydrogen-bond donors (Lipinski definition) is 0. The molecule has 0 saturated carbocycles. The summed E-state index contributed by atoms with van der Waals surface area (Å²) in [7, 11) is 0. The minimum absolute atomic E-state index is 0.207. The van der Waals surface area contributed by atoms with E-state index in [0.717, 1.165) is 5.56 Å². The first-order valence-corrected chi connectivity index (χ1v) is 7.49. The van der Waals surface area contributed by atoms with Gasteiger partial charge in [0.15, 0.2) is 0 Å². The standard InChI is InChI=1S/C17H19NO4/c1-2-6-13-15-14(22-16(13)19)9-10-18(15)17(20)21-11-12-7-4-3-5-8-12/h2-5,7-8,13-15H,1,6,9-11H2/t13-,14+,15-/m0/s1. The monoisotopic (exact) mass is 301 g/mol. The van der Waals surface area contributed by atoms with Crippen molar-refractivity contribution >= 4 is 12.1 Å². The lowest BCUT2D eigenvalue weighted by Crippen LogP contribution is -2.42. The van der Waals surface area contributed by atoms with Gasteiger partial charge in [0.25, 0.3) is 0 Å². The summed E-state index contributed by atoms with van der Waals surface area (Å²) in [4.78, 5) is 25.8. The number of carbonyl (C=O) groups is 2. The van der Waals surface area contributed by atoms with Crippen LogP contribution in [-0.2, 0) is 20.9 Å². The second-order valence-corrected chi connectivity index (χ2v) is 5.62. The number of esters is 1. The first kappa shape index (κ1) is 14.6. The van der Waals surface area contributed by atoms with Gasteiger partial charge in [-0.15, -0.1) is 6.58 Å². The van der Waals surface area contributed by atoms with Crippen molar-refractivity contribution in [3.05, 3.63) is 48.6 Å². The molecule has 3 atom stereocenters. The van der Waals surface area contributed by atoms with Crippen molar-refractivity contribution < 1.29 is 19.1 Å². The molecule has 3 rings (SSSR count). The fourth-order valence-electron chi connectivity index (χ4n) is 3.20. The van der Waals surface area contributed by atoms with Crippen LogP contribution in [0, 0.1) is 5.92 Å². The van der Waals surface area contributed by atoms with Crippen LogP contribution in [0.15, 0.2) is 43.0 Å². The lowest BCUT2D eigenvalue weighted by Gasteiger charge is -2.25. The molecule has 2 saturated heterocycles. The van der Waals surface area contributed by atoms with Gasteiger partial charge in [0.05, 0.1) is 12.0 Å². The van der Waals surface area contributed by atoms with Gasteiger partial charge in [-0.2, -0.15) is 0 Å². The number of ether oxygens (including phenoxy) is 2. The zero-order valence-electron chi connectivity index (χ0n) is 12.3. The van der Waals surface area contributed by atoms with Crippen LogP contribution in [0.25, 0.3) is 0 Å². The van der Waals surface area contributed by atoms with E-state index in [-0.39, 0.29) is 36.7 Å². The van der Waals surface area contributed by atoms with E-state index in [1.165, 1.54) is 0 Å². The molecule has 0 radical (unpaired) electrons. The van der Waals surface area contributed by atoms with Crippen LogP contribution in [0.1, 0.15) is 18.4 Å². The average Bonchev–Trinajstić information content (AvgIpc) is 3.06. The van der Waals surface area contributed by atoms with E-state index < -0.39 is 0 Å². The second-order valence-electron chi connectivity index (χ2n) is 5.62. The molecule has 0 unspecified atom stereocenters. The van der Waals surface area contributed by atoms with Crippen molar-refractivity contribution in [1.82, 2.24) is 4.90 Å². The SMILES string of the molecule is C=CC[C@@H]1C(=O)O[C@@H]2CCN(C(=O)OCc3ccccc3)[C@@H]12. The molecule has 0 N–H and O–H groups in total. The molecule has 116 valence electrons. The molecule has 5 heteroatoms. The normalized spacial score (nSPS) is 26.5. The van der Waals surface area contributed by atoms with Gasteiger partial charge in [-0.25, -0.2) is 4.79 Å². The summed E-state index contributed by atoms with van der Waals surface area (Å²) in [6, 6.07) is 9.30. The van der Waals surface area contributed by atoms with Gasteiger partial charge in [0.1, 0.15) is 12.7 Å². The molecule has 1 amide bonds. The lowest BCUT2D eigenvalue weighted by atomic mass is 9.96. The predicted molar refractivity (Wildman–Crippen MR) is 79.9 cm³/mol. The summed E-state index contributed by atoms with van der Waals surface area (Å²) in [5.41, 5.74) is 0.938. The number of allylic oxidation sites excluding steroid dienone is 1. The smallest absolute Gasteiger partial charge is 0.410 e. The number of rotatable bonds is 4. The average molecular weight is 301 g/mol. The molecule has 2 heterocycles. The van der Waals surface area contributed by atoms with Crippen LogP contribution in [-0.4, -0.2) is 35.7 Å². The van der Waals surface area contributed by atoms with E-state index in [1.807, 2.05) is 30.3 Å². The van der Waals surface area contributed by atoms with Gasteiger partial charge in [-0.3, -0.25) is 4.79 Å². The summed E-state index contributed by atoms with van der Waals surface area (Å²) >= 11 is 0. The van der Waals surface area contributed by atoms with Crippen molar-refractivity contribution in [3.8, 4) is 0 Å². The maximum atomic E-state index is 12.3. The number of benzene rings is 1. The highest BCUT2D eigenvalue weighted by molar-refractivity contribution is 5.79. The molecule has 0 spiro atoms. The number of carbonyl (C=O) groups excluding carboxylic acids is 2. The summed E-state index contributed by atoms with van der Waals surface area (Å²) in [6.45, 7) is 4.47. The molecular weight excluding hydrogens is 282 g/mol. The van der Waals surface area contributed by atoms with E-state index in [2.05, 4.69) is 6.58 Å². The maximum absolute atomic E-state index is 12.3. The van der Waals surface area contributed by atoms with Crippen LogP contribution in [0.2, 0.25) is 0 Å². The number of amides is 1. The van der Waals surface area contributed by atoms with Gasteiger partial charge in [-0.1, -0.05) is 36.4 Å². The van der Waals surface area contributed by atoms with Crippen molar-refractivity contribution in [3.63, 3.8) is 0 Å². The largest absolute Gasteiger partial charge is 0.460 e. The molecule has 2 fully saturated rings. The Morgan fingerprint density at radius 3 is 2.91 bits per heavy atom. The van der Waals surface area contributed by atoms with E-state index in [9.17, 15) is 9.59 Å². The third-order valence-corrected chi connectivity index (χ3v) is 4.24. The van der Waals surface area contributed by atoms with Crippen LogP contribution >= 0.6 is 0 Å². The number of fused-ring (bicyclic) bond motifs is 1. The highest BCUT2D eigenvalue weighted by Gasteiger charge is 2.52. The highest BCUT2D eigenvalue weighted by Crippen LogP contribution is 2.36. The third-order valence-electron chi connectivity index (χ3n) is 4.24. The fourth-order valence-corrected chi connectivity index (χ4v) is 3.20. The van der Waals surface area contributed by atoms with Crippen molar-refractivity contribution in [1.29, 1.82) is 0 Å². The van der Waals surface area contributed by atoms with Crippen molar-refractivity contribution in [2.75, 3.05) is 6.54 Å². The first-order valence-electron chi connectivity index (χ1n) is 7.49. The third kappa shape index (κ3) is 2.71. The van der Waals surface area contributed by atoms with Crippen LogP contribution in [0.3, 0.4) is 0 Å². The molecule has 0 aromatic heterocycles. The van der Waals surface area contributed by atoms with E-state index >= 15 is 0 Å². The molecule has 5 nitrogen and oxygen atoms in total. The molecule has 2 aliphatic heterocycles. The number of nitrogens with zero attached hydrogens (tertiary/aromatic N) is 1. The Balaban J connectivity index is 1.65.